The Balaban J connectivity index is 1.79. The second kappa shape index (κ2) is 7.61. The minimum Gasteiger partial charge on any atom is -0.0622 e. The Kier molecular flexibility index (Phi) is 5.08. The van der Waals surface area contributed by atoms with Crippen LogP contribution in [0.15, 0.2) is 84.9 Å². The topological polar surface area (TPSA) is 0 Å². The van der Waals surface area contributed by atoms with Crippen molar-refractivity contribution in [3.8, 4) is 0 Å². The summed E-state index contributed by atoms with van der Waals surface area (Å²) >= 11 is 0. The Morgan fingerprint density at radius 1 is 0.500 bits per heavy atom. The minimum atomic E-state index is 1.23. The Hall–Kier alpha value is -2.86. The van der Waals surface area contributed by atoms with Crippen LogP contribution in [-0.4, -0.2) is 0 Å². The SMILES string of the molecule is CC(=Cc1ccc(C=C(C)c2ccccc2)cc1)c1ccccc1. The summed E-state index contributed by atoms with van der Waals surface area (Å²) < 4.78 is 0. The molecule has 3 rings (SSSR count). The van der Waals surface area contributed by atoms with Crippen molar-refractivity contribution < 1.29 is 0 Å². The molecule has 24 heavy (non-hydrogen) atoms. The maximum absolute atomic E-state index is 2.23. The largest absolute Gasteiger partial charge is 0.0622 e. The van der Waals surface area contributed by atoms with Crippen molar-refractivity contribution >= 4 is 23.3 Å². The molecule has 0 saturated carbocycles. The molecule has 0 aliphatic heterocycles. The van der Waals surface area contributed by atoms with Crippen LogP contribution >= 0.6 is 0 Å². The van der Waals surface area contributed by atoms with E-state index in [0.717, 1.165) is 0 Å². The van der Waals surface area contributed by atoms with Crippen LogP contribution in [0.4, 0.5) is 0 Å². The van der Waals surface area contributed by atoms with Crippen molar-refractivity contribution in [1.29, 1.82) is 0 Å². The lowest BCUT2D eigenvalue weighted by Crippen LogP contribution is -1.81. The first-order chi connectivity index (χ1) is 11.7. The van der Waals surface area contributed by atoms with Crippen LogP contribution < -0.4 is 0 Å². The van der Waals surface area contributed by atoms with Crippen molar-refractivity contribution in [2.75, 3.05) is 0 Å². The third-order valence-electron chi connectivity index (χ3n) is 4.16. The molecule has 0 N–H and O–H groups in total. The van der Waals surface area contributed by atoms with Gasteiger partial charge < -0.3 is 0 Å². The van der Waals surface area contributed by atoms with Crippen molar-refractivity contribution in [2.24, 2.45) is 0 Å². The molecule has 0 atom stereocenters. The fourth-order valence-electron chi connectivity index (χ4n) is 2.76. The summed E-state index contributed by atoms with van der Waals surface area (Å²) in [6.07, 6.45) is 4.46. The van der Waals surface area contributed by atoms with E-state index in [1.165, 1.54) is 33.4 Å². The predicted molar refractivity (Wildman–Crippen MR) is 106 cm³/mol. The van der Waals surface area contributed by atoms with Gasteiger partial charge in [0, 0.05) is 0 Å². The average Bonchev–Trinajstić information content (AvgIpc) is 2.65. The summed E-state index contributed by atoms with van der Waals surface area (Å²) in [6.45, 7) is 4.31. The zero-order valence-corrected chi connectivity index (χ0v) is 14.2. The summed E-state index contributed by atoms with van der Waals surface area (Å²) in [5, 5.41) is 0. The fraction of sp³-hybridized carbons (Fsp3) is 0.0833. The molecular weight excluding hydrogens is 288 g/mol. The van der Waals surface area contributed by atoms with Gasteiger partial charge in [0.25, 0.3) is 0 Å². The Bertz CT molecular complexity index is 761. The Morgan fingerprint density at radius 2 is 0.833 bits per heavy atom. The summed E-state index contributed by atoms with van der Waals surface area (Å²) in [5.74, 6) is 0. The number of rotatable bonds is 4. The van der Waals surface area contributed by atoms with Gasteiger partial charge in [0.1, 0.15) is 0 Å². The van der Waals surface area contributed by atoms with Crippen LogP contribution in [0.1, 0.15) is 36.1 Å². The third-order valence-corrected chi connectivity index (χ3v) is 4.16. The van der Waals surface area contributed by atoms with Gasteiger partial charge in [0.2, 0.25) is 0 Å². The van der Waals surface area contributed by atoms with Crippen LogP contribution in [0.3, 0.4) is 0 Å². The quantitative estimate of drug-likeness (QED) is 0.464. The van der Waals surface area contributed by atoms with E-state index in [4.69, 9.17) is 0 Å². The predicted octanol–water partition coefficient (Wildman–Crippen LogP) is 6.81. The lowest BCUT2D eigenvalue weighted by atomic mass is 10.0. The Morgan fingerprint density at radius 3 is 1.17 bits per heavy atom. The van der Waals surface area contributed by atoms with Gasteiger partial charge in [-0.25, -0.2) is 0 Å². The second-order valence-electron chi connectivity index (χ2n) is 6.05. The van der Waals surface area contributed by atoms with Crippen molar-refractivity contribution in [3.63, 3.8) is 0 Å². The fourth-order valence-corrected chi connectivity index (χ4v) is 2.76. The zero-order chi connectivity index (χ0) is 16.8. The van der Waals surface area contributed by atoms with Gasteiger partial charge in [-0.15, -0.1) is 0 Å². The molecule has 0 heterocycles. The van der Waals surface area contributed by atoms with Crippen molar-refractivity contribution in [3.05, 3.63) is 107 Å². The van der Waals surface area contributed by atoms with E-state index in [0.29, 0.717) is 0 Å². The molecule has 118 valence electrons. The highest BCUT2D eigenvalue weighted by atomic mass is 14.0. The van der Waals surface area contributed by atoms with Gasteiger partial charge in [-0.3, -0.25) is 0 Å². The normalized spacial score (nSPS) is 12.2. The minimum absolute atomic E-state index is 1.23. The summed E-state index contributed by atoms with van der Waals surface area (Å²) in [7, 11) is 0. The highest BCUT2D eigenvalue weighted by molar-refractivity contribution is 5.82. The molecular formula is C24H22. The third kappa shape index (κ3) is 4.11. The number of benzene rings is 3. The molecule has 0 spiro atoms. The van der Waals surface area contributed by atoms with Gasteiger partial charge in [-0.1, -0.05) is 97.1 Å². The van der Waals surface area contributed by atoms with Gasteiger partial charge in [-0.05, 0) is 47.2 Å². The molecule has 3 aromatic carbocycles. The lowest BCUT2D eigenvalue weighted by Gasteiger charge is -2.04. The van der Waals surface area contributed by atoms with Crippen LogP contribution in [0, 0.1) is 0 Å². The average molecular weight is 310 g/mol. The molecule has 0 bridgehead atoms. The van der Waals surface area contributed by atoms with Crippen LogP contribution in [0.5, 0.6) is 0 Å². The molecule has 0 aliphatic rings. The molecule has 0 amide bonds. The molecule has 3 aromatic rings. The summed E-state index contributed by atoms with van der Waals surface area (Å²) in [6, 6.07) is 29.7. The molecule has 0 nitrogen and oxygen atoms in total. The maximum Gasteiger partial charge on any atom is -0.0227 e. The number of hydrogen-bond acceptors (Lipinski definition) is 0. The van der Waals surface area contributed by atoms with E-state index in [1.54, 1.807) is 0 Å². The monoisotopic (exact) mass is 310 g/mol. The molecule has 0 aliphatic carbocycles. The van der Waals surface area contributed by atoms with Crippen LogP contribution in [-0.2, 0) is 0 Å². The second-order valence-corrected chi connectivity index (χ2v) is 6.05. The summed E-state index contributed by atoms with van der Waals surface area (Å²) in [5.41, 5.74) is 7.54. The molecule has 0 radical (unpaired) electrons. The van der Waals surface area contributed by atoms with Crippen molar-refractivity contribution in [2.45, 2.75) is 13.8 Å². The number of allylic oxidation sites excluding steroid dienone is 2. The first kappa shape index (κ1) is 16.0. The Labute approximate surface area is 144 Å². The molecule has 0 aromatic heterocycles. The first-order valence-corrected chi connectivity index (χ1v) is 8.30. The highest BCUT2D eigenvalue weighted by Crippen LogP contribution is 2.20. The standard InChI is InChI=1S/C24H22/c1-19(23-9-5-3-6-10-23)17-21-13-15-22(16-14-21)18-20(2)24-11-7-4-8-12-24/h3-18H,1-2H3. The van der Waals surface area contributed by atoms with E-state index in [-0.39, 0.29) is 0 Å². The van der Waals surface area contributed by atoms with Gasteiger partial charge in [-0.2, -0.15) is 0 Å². The molecule has 0 fully saturated rings. The lowest BCUT2D eigenvalue weighted by molar-refractivity contribution is 1.55. The molecule has 0 unspecified atom stereocenters. The first-order valence-electron chi connectivity index (χ1n) is 8.30. The van der Waals surface area contributed by atoms with Gasteiger partial charge >= 0.3 is 0 Å². The zero-order valence-electron chi connectivity index (χ0n) is 14.2. The highest BCUT2D eigenvalue weighted by Gasteiger charge is 1.97. The van der Waals surface area contributed by atoms with E-state index in [1.807, 2.05) is 12.1 Å². The van der Waals surface area contributed by atoms with E-state index in [2.05, 4.69) is 98.8 Å². The maximum atomic E-state index is 2.23. The molecule has 0 saturated heterocycles. The van der Waals surface area contributed by atoms with Gasteiger partial charge in [0.15, 0.2) is 0 Å². The van der Waals surface area contributed by atoms with E-state index in [9.17, 15) is 0 Å². The number of hydrogen-bond donors (Lipinski definition) is 0. The summed E-state index contributed by atoms with van der Waals surface area (Å²) in [4.78, 5) is 0. The van der Waals surface area contributed by atoms with E-state index < -0.39 is 0 Å². The van der Waals surface area contributed by atoms with E-state index >= 15 is 0 Å². The van der Waals surface area contributed by atoms with Crippen molar-refractivity contribution in [1.82, 2.24) is 0 Å². The van der Waals surface area contributed by atoms with Crippen LogP contribution in [0.25, 0.3) is 23.3 Å². The molecule has 0 heteroatoms. The van der Waals surface area contributed by atoms with Crippen LogP contribution in [0.2, 0.25) is 0 Å². The smallest absolute Gasteiger partial charge is 0.0227 e. The van der Waals surface area contributed by atoms with Gasteiger partial charge in [0.05, 0.1) is 0 Å².